The molecular formula is C14H22N2O2. The maximum absolute atomic E-state index is 12.2. The van der Waals surface area contributed by atoms with Gasteiger partial charge in [-0.3, -0.25) is 9.78 Å². The van der Waals surface area contributed by atoms with Gasteiger partial charge < -0.3 is 10.5 Å². The Kier molecular flexibility index (Phi) is 4.84. The van der Waals surface area contributed by atoms with Crippen LogP contribution in [-0.2, 0) is 0 Å². The molecule has 4 heteroatoms. The number of carbonyl (C=O) groups excluding carboxylic acids is 1. The highest BCUT2D eigenvalue weighted by atomic mass is 16.5. The number of hydrogen-bond donors (Lipinski definition) is 1. The molecule has 0 aliphatic heterocycles. The first-order chi connectivity index (χ1) is 8.36. The van der Waals surface area contributed by atoms with E-state index in [0.717, 1.165) is 6.42 Å². The van der Waals surface area contributed by atoms with E-state index < -0.39 is 6.04 Å². The summed E-state index contributed by atoms with van der Waals surface area (Å²) in [5.41, 5.74) is 6.20. The molecule has 1 heterocycles. The molecule has 0 aromatic carbocycles. The van der Waals surface area contributed by atoms with E-state index in [0.29, 0.717) is 17.9 Å². The van der Waals surface area contributed by atoms with E-state index in [9.17, 15) is 4.79 Å². The van der Waals surface area contributed by atoms with Crippen molar-refractivity contribution in [2.75, 3.05) is 6.61 Å². The van der Waals surface area contributed by atoms with Crippen LogP contribution in [0.15, 0.2) is 18.5 Å². The summed E-state index contributed by atoms with van der Waals surface area (Å²) in [5, 5.41) is 0. The van der Waals surface area contributed by atoms with Crippen LogP contribution < -0.4 is 10.5 Å². The highest BCUT2D eigenvalue weighted by molar-refractivity contribution is 6.00. The van der Waals surface area contributed by atoms with Gasteiger partial charge in [0.15, 0.2) is 5.78 Å². The zero-order valence-electron chi connectivity index (χ0n) is 11.6. The van der Waals surface area contributed by atoms with E-state index in [2.05, 4.69) is 4.98 Å². The zero-order chi connectivity index (χ0) is 13.8. The van der Waals surface area contributed by atoms with Crippen LogP contribution in [0.25, 0.3) is 0 Å². The first-order valence-electron chi connectivity index (χ1n) is 6.24. The summed E-state index contributed by atoms with van der Waals surface area (Å²) in [7, 11) is 0. The average molecular weight is 250 g/mol. The molecule has 100 valence electrons. The fourth-order valence-electron chi connectivity index (χ4n) is 1.43. The largest absolute Gasteiger partial charge is 0.492 e. The molecule has 0 spiro atoms. The monoisotopic (exact) mass is 250 g/mol. The number of rotatable bonds is 5. The standard InChI is InChI=1S/C14H22N2O2/c1-5-6-18-11-7-10(8-16-9-11)12(17)13(15)14(2,3)4/h7-9,13H,5-6,15H2,1-4H3. The molecule has 0 saturated heterocycles. The van der Waals surface area contributed by atoms with Crippen molar-refractivity contribution in [2.24, 2.45) is 11.1 Å². The van der Waals surface area contributed by atoms with Crippen LogP contribution in [0.4, 0.5) is 0 Å². The minimum absolute atomic E-state index is 0.100. The average Bonchev–Trinajstić information content (AvgIpc) is 2.33. The highest BCUT2D eigenvalue weighted by Crippen LogP contribution is 2.22. The van der Waals surface area contributed by atoms with Crippen molar-refractivity contribution >= 4 is 5.78 Å². The second kappa shape index (κ2) is 5.96. The number of aromatic nitrogens is 1. The van der Waals surface area contributed by atoms with Crippen LogP contribution in [0.5, 0.6) is 5.75 Å². The number of hydrogen-bond acceptors (Lipinski definition) is 4. The van der Waals surface area contributed by atoms with E-state index in [-0.39, 0.29) is 11.2 Å². The third-order valence-corrected chi connectivity index (χ3v) is 2.69. The second-order valence-electron chi connectivity index (χ2n) is 5.47. The van der Waals surface area contributed by atoms with Crippen molar-refractivity contribution in [3.8, 4) is 5.75 Å². The predicted molar refractivity (Wildman–Crippen MR) is 71.8 cm³/mol. The van der Waals surface area contributed by atoms with Crippen molar-refractivity contribution < 1.29 is 9.53 Å². The second-order valence-corrected chi connectivity index (χ2v) is 5.47. The molecular weight excluding hydrogens is 228 g/mol. The molecule has 0 saturated carbocycles. The normalized spacial score (nSPS) is 13.2. The number of carbonyl (C=O) groups is 1. The first kappa shape index (κ1) is 14.6. The van der Waals surface area contributed by atoms with E-state index >= 15 is 0 Å². The van der Waals surface area contributed by atoms with Gasteiger partial charge >= 0.3 is 0 Å². The van der Waals surface area contributed by atoms with Gasteiger partial charge in [0.25, 0.3) is 0 Å². The first-order valence-corrected chi connectivity index (χ1v) is 6.24. The Balaban J connectivity index is 2.86. The summed E-state index contributed by atoms with van der Waals surface area (Å²) in [6.45, 7) is 8.48. The van der Waals surface area contributed by atoms with Gasteiger partial charge in [0, 0.05) is 11.8 Å². The Morgan fingerprint density at radius 3 is 2.67 bits per heavy atom. The maximum Gasteiger partial charge on any atom is 0.181 e. The lowest BCUT2D eigenvalue weighted by Gasteiger charge is -2.25. The molecule has 18 heavy (non-hydrogen) atoms. The lowest BCUT2D eigenvalue weighted by Crippen LogP contribution is -2.42. The fourth-order valence-corrected chi connectivity index (χ4v) is 1.43. The van der Waals surface area contributed by atoms with Gasteiger partial charge in [-0.05, 0) is 17.9 Å². The third kappa shape index (κ3) is 3.81. The van der Waals surface area contributed by atoms with Gasteiger partial charge in [-0.25, -0.2) is 0 Å². The number of nitrogens with two attached hydrogens (primary N) is 1. The Morgan fingerprint density at radius 1 is 1.44 bits per heavy atom. The number of ether oxygens (including phenoxy) is 1. The molecule has 1 atom stereocenters. The Morgan fingerprint density at radius 2 is 2.11 bits per heavy atom. The summed E-state index contributed by atoms with van der Waals surface area (Å²) in [4.78, 5) is 16.2. The quantitative estimate of drug-likeness (QED) is 0.815. The summed E-state index contributed by atoms with van der Waals surface area (Å²) >= 11 is 0. The molecule has 0 aliphatic rings. The fraction of sp³-hybridized carbons (Fsp3) is 0.571. The van der Waals surface area contributed by atoms with Crippen LogP contribution in [0.3, 0.4) is 0 Å². The molecule has 1 rings (SSSR count). The van der Waals surface area contributed by atoms with Crippen molar-refractivity contribution in [3.63, 3.8) is 0 Å². The minimum Gasteiger partial charge on any atom is -0.492 e. The summed E-state index contributed by atoms with van der Waals surface area (Å²) in [6.07, 6.45) is 4.06. The van der Waals surface area contributed by atoms with Crippen LogP contribution in [0.2, 0.25) is 0 Å². The molecule has 0 fully saturated rings. The molecule has 0 amide bonds. The number of pyridine rings is 1. The van der Waals surface area contributed by atoms with Gasteiger partial charge in [-0.15, -0.1) is 0 Å². The molecule has 2 N–H and O–H groups in total. The van der Waals surface area contributed by atoms with Crippen LogP contribution in [-0.4, -0.2) is 23.4 Å². The van der Waals surface area contributed by atoms with Gasteiger partial charge in [-0.1, -0.05) is 27.7 Å². The van der Waals surface area contributed by atoms with Crippen molar-refractivity contribution in [3.05, 3.63) is 24.0 Å². The number of nitrogens with zero attached hydrogens (tertiary/aromatic N) is 1. The SMILES string of the molecule is CCCOc1cncc(C(=O)C(N)C(C)(C)C)c1. The Hall–Kier alpha value is -1.42. The molecule has 0 radical (unpaired) electrons. The topological polar surface area (TPSA) is 65.2 Å². The lowest BCUT2D eigenvalue weighted by molar-refractivity contribution is 0.0900. The summed E-state index contributed by atoms with van der Waals surface area (Å²) in [5.74, 6) is 0.515. The molecule has 4 nitrogen and oxygen atoms in total. The smallest absolute Gasteiger partial charge is 0.181 e. The van der Waals surface area contributed by atoms with Gasteiger partial charge in [-0.2, -0.15) is 0 Å². The third-order valence-electron chi connectivity index (χ3n) is 2.69. The molecule has 1 aromatic rings. The molecule has 1 aromatic heterocycles. The predicted octanol–water partition coefficient (Wildman–Crippen LogP) is 2.43. The Bertz CT molecular complexity index is 411. The van der Waals surface area contributed by atoms with Crippen molar-refractivity contribution in [1.82, 2.24) is 4.98 Å². The Labute approximate surface area is 109 Å². The number of Topliss-reactive ketones (excluding diaryl/α,β-unsaturated/α-hetero) is 1. The summed E-state index contributed by atoms with van der Waals surface area (Å²) in [6, 6.07) is 1.16. The summed E-state index contributed by atoms with van der Waals surface area (Å²) < 4.78 is 5.46. The lowest BCUT2D eigenvalue weighted by atomic mass is 9.83. The molecule has 1 unspecified atom stereocenters. The van der Waals surface area contributed by atoms with Crippen LogP contribution in [0.1, 0.15) is 44.5 Å². The molecule has 0 aliphatic carbocycles. The van der Waals surface area contributed by atoms with Gasteiger partial charge in [0.05, 0.1) is 18.8 Å². The van der Waals surface area contributed by atoms with E-state index in [1.807, 2.05) is 27.7 Å². The van der Waals surface area contributed by atoms with Gasteiger partial charge in [0.2, 0.25) is 0 Å². The van der Waals surface area contributed by atoms with Crippen LogP contribution in [0, 0.1) is 5.41 Å². The van der Waals surface area contributed by atoms with Crippen LogP contribution >= 0.6 is 0 Å². The zero-order valence-corrected chi connectivity index (χ0v) is 11.6. The number of ketones is 1. The minimum atomic E-state index is -0.541. The molecule has 0 bridgehead atoms. The maximum atomic E-state index is 12.2. The van der Waals surface area contributed by atoms with Crippen molar-refractivity contribution in [1.29, 1.82) is 0 Å². The van der Waals surface area contributed by atoms with E-state index in [4.69, 9.17) is 10.5 Å². The van der Waals surface area contributed by atoms with Crippen molar-refractivity contribution in [2.45, 2.75) is 40.2 Å². The van der Waals surface area contributed by atoms with Gasteiger partial charge in [0.1, 0.15) is 5.75 Å². The van der Waals surface area contributed by atoms with E-state index in [1.165, 1.54) is 6.20 Å². The highest BCUT2D eigenvalue weighted by Gasteiger charge is 2.28. The van der Waals surface area contributed by atoms with E-state index in [1.54, 1.807) is 12.3 Å².